The van der Waals surface area contributed by atoms with Crippen LogP contribution in [0.3, 0.4) is 0 Å². The molecule has 0 fully saturated rings. The van der Waals surface area contributed by atoms with Gasteiger partial charge in [0, 0.05) is 16.8 Å². The summed E-state index contributed by atoms with van der Waals surface area (Å²) >= 11 is 0. The van der Waals surface area contributed by atoms with Crippen LogP contribution in [0.4, 0.5) is 0 Å². The monoisotopic (exact) mass is 281 g/mol. The summed E-state index contributed by atoms with van der Waals surface area (Å²) in [5, 5.41) is 10.1. The van der Waals surface area contributed by atoms with E-state index in [4.69, 9.17) is 4.98 Å². The summed E-state index contributed by atoms with van der Waals surface area (Å²) in [5.74, 6) is 0. The van der Waals surface area contributed by atoms with Crippen molar-refractivity contribution in [2.45, 2.75) is 52.1 Å². The fourth-order valence-electron chi connectivity index (χ4n) is 3.34. The minimum absolute atomic E-state index is 0.331. The number of aliphatic hydroxyl groups is 1. The number of fused-ring (bicyclic) bond motifs is 1. The Labute approximate surface area is 126 Å². The maximum absolute atomic E-state index is 10.1. The van der Waals surface area contributed by atoms with Crippen LogP contribution in [-0.4, -0.2) is 10.1 Å². The third-order valence-electron chi connectivity index (χ3n) is 4.51. The molecular weight excluding hydrogens is 258 g/mol. The number of benzene rings is 1. The average Bonchev–Trinajstić information content (AvgIpc) is 2.54. The SMILES string of the molecule is CCc1cccc(CC)c1-c1ccc2c(n1)CCCC2O. The van der Waals surface area contributed by atoms with Gasteiger partial charge in [-0.05, 0) is 49.3 Å². The third-order valence-corrected chi connectivity index (χ3v) is 4.51. The van der Waals surface area contributed by atoms with Crippen molar-refractivity contribution in [3.05, 3.63) is 52.7 Å². The van der Waals surface area contributed by atoms with Crippen molar-refractivity contribution in [1.82, 2.24) is 4.98 Å². The Morgan fingerprint density at radius 1 is 1.10 bits per heavy atom. The van der Waals surface area contributed by atoms with E-state index in [0.29, 0.717) is 0 Å². The first-order chi connectivity index (χ1) is 10.2. The summed E-state index contributed by atoms with van der Waals surface area (Å²) in [4.78, 5) is 4.89. The van der Waals surface area contributed by atoms with E-state index in [-0.39, 0.29) is 6.10 Å². The highest BCUT2D eigenvalue weighted by Gasteiger charge is 2.20. The minimum atomic E-state index is -0.331. The van der Waals surface area contributed by atoms with Crippen molar-refractivity contribution < 1.29 is 5.11 Å². The Morgan fingerprint density at radius 3 is 2.48 bits per heavy atom. The summed E-state index contributed by atoms with van der Waals surface area (Å²) in [6, 6.07) is 10.7. The molecule has 0 spiro atoms. The molecule has 1 N–H and O–H groups in total. The molecule has 0 saturated carbocycles. The highest BCUT2D eigenvalue weighted by atomic mass is 16.3. The lowest BCUT2D eigenvalue weighted by atomic mass is 9.90. The first kappa shape index (κ1) is 14.3. The zero-order valence-electron chi connectivity index (χ0n) is 12.9. The van der Waals surface area contributed by atoms with Crippen molar-refractivity contribution in [2.75, 3.05) is 0 Å². The van der Waals surface area contributed by atoms with Crippen molar-refractivity contribution >= 4 is 0 Å². The quantitative estimate of drug-likeness (QED) is 0.912. The molecule has 1 aliphatic rings. The van der Waals surface area contributed by atoms with Gasteiger partial charge in [0.05, 0.1) is 11.8 Å². The van der Waals surface area contributed by atoms with Crippen LogP contribution in [0.15, 0.2) is 30.3 Å². The molecular formula is C19H23NO. The summed E-state index contributed by atoms with van der Waals surface area (Å²) in [6.45, 7) is 4.39. The molecule has 110 valence electrons. The van der Waals surface area contributed by atoms with Crippen molar-refractivity contribution in [3.63, 3.8) is 0 Å². The van der Waals surface area contributed by atoms with E-state index in [1.165, 1.54) is 16.7 Å². The van der Waals surface area contributed by atoms with Gasteiger partial charge in [-0.3, -0.25) is 4.98 Å². The van der Waals surface area contributed by atoms with Crippen LogP contribution in [-0.2, 0) is 19.3 Å². The maximum atomic E-state index is 10.1. The molecule has 2 aromatic rings. The van der Waals surface area contributed by atoms with E-state index in [1.54, 1.807) is 0 Å². The van der Waals surface area contributed by atoms with Gasteiger partial charge in [-0.15, -0.1) is 0 Å². The summed E-state index contributed by atoms with van der Waals surface area (Å²) in [7, 11) is 0. The van der Waals surface area contributed by atoms with Crippen LogP contribution in [0, 0.1) is 0 Å². The van der Waals surface area contributed by atoms with E-state index in [1.807, 2.05) is 0 Å². The lowest BCUT2D eigenvalue weighted by molar-refractivity contribution is 0.155. The molecule has 1 atom stereocenters. The van der Waals surface area contributed by atoms with Crippen LogP contribution < -0.4 is 0 Å². The van der Waals surface area contributed by atoms with Crippen molar-refractivity contribution in [3.8, 4) is 11.3 Å². The number of rotatable bonds is 3. The number of aromatic nitrogens is 1. The van der Waals surface area contributed by atoms with Gasteiger partial charge in [0.2, 0.25) is 0 Å². The molecule has 0 radical (unpaired) electrons. The van der Waals surface area contributed by atoms with E-state index in [2.05, 4.69) is 44.2 Å². The Bertz CT molecular complexity index is 626. The zero-order chi connectivity index (χ0) is 14.8. The number of nitrogens with zero attached hydrogens (tertiary/aromatic N) is 1. The van der Waals surface area contributed by atoms with Crippen LogP contribution in [0.5, 0.6) is 0 Å². The summed E-state index contributed by atoms with van der Waals surface area (Å²) < 4.78 is 0. The Hall–Kier alpha value is -1.67. The first-order valence-electron chi connectivity index (χ1n) is 8.03. The third kappa shape index (κ3) is 2.60. The van der Waals surface area contributed by atoms with E-state index < -0.39 is 0 Å². The molecule has 2 nitrogen and oxygen atoms in total. The largest absolute Gasteiger partial charge is 0.388 e. The highest BCUT2D eigenvalue weighted by molar-refractivity contribution is 5.68. The number of aryl methyl sites for hydroxylation is 3. The van der Waals surface area contributed by atoms with Gasteiger partial charge in [-0.25, -0.2) is 0 Å². The molecule has 21 heavy (non-hydrogen) atoms. The van der Waals surface area contributed by atoms with Gasteiger partial charge < -0.3 is 5.11 Å². The smallest absolute Gasteiger partial charge is 0.0807 e. The Balaban J connectivity index is 2.13. The topological polar surface area (TPSA) is 33.1 Å². The standard InChI is InChI=1S/C19H23NO/c1-3-13-7-5-8-14(4-2)19(13)17-12-11-15-16(20-17)9-6-10-18(15)21/h5,7-8,11-12,18,21H,3-4,6,9-10H2,1-2H3. The lowest BCUT2D eigenvalue weighted by Crippen LogP contribution is -2.11. The molecule has 2 heteroatoms. The highest BCUT2D eigenvalue weighted by Crippen LogP contribution is 2.33. The van der Waals surface area contributed by atoms with Crippen LogP contribution in [0.2, 0.25) is 0 Å². The fraction of sp³-hybridized carbons (Fsp3) is 0.421. The summed E-state index contributed by atoms with van der Waals surface area (Å²) in [5.41, 5.74) is 7.19. The second-order valence-corrected chi connectivity index (χ2v) is 5.80. The number of hydrogen-bond donors (Lipinski definition) is 1. The van der Waals surface area contributed by atoms with Crippen molar-refractivity contribution in [2.24, 2.45) is 0 Å². The van der Waals surface area contributed by atoms with Crippen LogP contribution >= 0.6 is 0 Å². The minimum Gasteiger partial charge on any atom is -0.388 e. The number of pyridine rings is 1. The number of aliphatic hydroxyl groups excluding tert-OH is 1. The molecule has 0 saturated heterocycles. The predicted octanol–water partition coefficient (Wildman–Crippen LogP) is 4.24. The second-order valence-electron chi connectivity index (χ2n) is 5.80. The van der Waals surface area contributed by atoms with Gasteiger partial charge in [0.15, 0.2) is 0 Å². The Kier molecular flexibility index (Phi) is 4.07. The van der Waals surface area contributed by atoms with Crippen LogP contribution in [0.25, 0.3) is 11.3 Å². The molecule has 1 unspecified atom stereocenters. The molecule has 1 aromatic heterocycles. The van der Waals surface area contributed by atoms with Gasteiger partial charge in [-0.2, -0.15) is 0 Å². The molecule has 0 bridgehead atoms. The molecule has 0 aliphatic heterocycles. The van der Waals surface area contributed by atoms with Gasteiger partial charge >= 0.3 is 0 Å². The molecule has 1 aromatic carbocycles. The lowest BCUT2D eigenvalue weighted by Gasteiger charge is -2.22. The molecule has 0 amide bonds. The zero-order valence-corrected chi connectivity index (χ0v) is 12.9. The van der Waals surface area contributed by atoms with E-state index in [9.17, 15) is 5.11 Å². The fourth-order valence-corrected chi connectivity index (χ4v) is 3.34. The first-order valence-corrected chi connectivity index (χ1v) is 8.03. The summed E-state index contributed by atoms with van der Waals surface area (Å²) in [6.07, 6.45) is 4.58. The van der Waals surface area contributed by atoms with Gasteiger partial charge in [0.1, 0.15) is 0 Å². The van der Waals surface area contributed by atoms with E-state index in [0.717, 1.165) is 49.1 Å². The number of hydrogen-bond acceptors (Lipinski definition) is 2. The Morgan fingerprint density at radius 2 is 1.81 bits per heavy atom. The van der Waals surface area contributed by atoms with Crippen LogP contribution in [0.1, 0.15) is 55.2 Å². The average molecular weight is 281 g/mol. The van der Waals surface area contributed by atoms with E-state index >= 15 is 0 Å². The molecule has 3 rings (SSSR count). The predicted molar refractivity (Wildman–Crippen MR) is 86.3 cm³/mol. The molecule has 1 aliphatic carbocycles. The maximum Gasteiger partial charge on any atom is 0.0807 e. The second kappa shape index (κ2) is 5.98. The normalized spacial score (nSPS) is 17.6. The van der Waals surface area contributed by atoms with Crippen molar-refractivity contribution in [1.29, 1.82) is 0 Å². The molecule has 1 heterocycles. The van der Waals surface area contributed by atoms with Gasteiger partial charge in [0.25, 0.3) is 0 Å². The van der Waals surface area contributed by atoms with Gasteiger partial charge in [-0.1, -0.05) is 38.1 Å².